The maximum absolute atomic E-state index is 12.9. The molecular formula is C39H38O20. The Kier molecular flexibility index (Phi) is 13.1. The van der Waals surface area contributed by atoms with Gasteiger partial charge in [-0.05, 0) is 54.1 Å². The number of aromatic hydroxyl groups is 2. The highest BCUT2D eigenvalue weighted by Crippen LogP contribution is 2.43. The Labute approximate surface area is 332 Å². The monoisotopic (exact) mass is 826 g/mol. The molecule has 0 spiro atoms. The van der Waals surface area contributed by atoms with E-state index in [1.807, 2.05) is 0 Å². The van der Waals surface area contributed by atoms with Crippen molar-refractivity contribution in [2.24, 2.45) is 0 Å². The van der Waals surface area contributed by atoms with Crippen LogP contribution in [0.1, 0.15) is 12.0 Å². The van der Waals surface area contributed by atoms with Gasteiger partial charge in [0.25, 0.3) is 0 Å². The Morgan fingerprint density at radius 2 is 1.20 bits per heavy atom. The van der Waals surface area contributed by atoms with E-state index in [9.17, 15) is 60.0 Å². The lowest BCUT2D eigenvalue weighted by Gasteiger charge is -2.40. The first-order valence-corrected chi connectivity index (χ1v) is 17.7. The molecule has 3 aliphatic heterocycles. The van der Waals surface area contributed by atoms with E-state index >= 15 is 0 Å². The molecule has 0 aromatic heterocycles. The number of hydrogen-bond donors (Lipinski definition) is 9. The number of fused-ring (bicyclic) bond motifs is 1. The molecule has 59 heavy (non-hydrogen) atoms. The largest absolute Gasteiger partial charge is 0.508 e. The smallest absolute Gasteiger partial charge is 0.330 e. The van der Waals surface area contributed by atoms with E-state index in [0.717, 1.165) is 18.2 Å². The molecule has 4 aliphatic rings. The minimum Gasteiger partial charge on any atom is -0.508 e. The Hall–Kier alpha value is -6.10. The number of phenols is 2. The normalized spacial score (nSPS) is 26.9. The van der Waals surface area contributed by atoms with Gasteiger partial charge in [-0.3, -0.25) is 14.4 Å². The first kappa shape index (κ1) is 42.5. The third-order valence-electron chi connectivity index (χ3n) is 9.14. The zero-order valence-corrected chi connectivity index (χ0v) is 30.4. The van der Waals surface area contributed by atoms with Crippen molar-refractivity contribution in [1.29, 1.82) is 0 Å². The highest BCUT2D eigenvalue weighted by molar-refractivity contribution is 5.90. The molecule has 6 rings (SSSR count). The third-order valence-corrected chi connectivity index (χ3v) is 9.14. The number of aliphatic carboxylic acids is 1. The van der Waals surface area contributed by atoms with Gasteiger partial charge in [-0.1, -0.05) is 12.1 Å². The number of aliphatic hydroxyl groups excluding tert-OH is 6. The fourth-order valence-corrected chi connectivity index (χ4v) is 6.02. The van der Waals surface area contributed by atoms with Crippen LogP contribution in [-0.2, 0) is 33.3 Å². The number of carboxylic acid groups (broad SMARTS) is 1. The number of esters is 2. The summed E-state index contributed by atoms with van der Waals surface area (Å²) >= 11 is 0. The number of aliphatic hydroxyl groups is 6. The van der Waals surface area contributed by atoms with Gasteiger partial charge in [0.05, 0.1) is 5.56 Å². The molecule has 10 atom stereocenters. The molecule has 314 valence electrons. The molecule has 2 aromatic rings. The van der Waals surface area contributed by atoms with Crippen LogP contribution in [0.2, 0.25) is 0 Å². The summed E-state index contributed by atoms with van der Waals surface area (Å²) in [6, 6.07) is 14.6. The van der Waals surface area contributed by atoms with Crippen LogP contribution in [0.4, 0.5) is 0 Å². The fourth-order valence-electron chi connectivity index (χ4n) is 6.02. The van der Waals surface area contributed by atoms with Crippen molar-refractivity contribution in [3.8, 4) is 45.6 Å². The van der Waals surface area contributed by atoms with Crippen LogP contribution in [0, 0.1) is 0 Å². The first-order valence-electron chi connectivity index (χ1n) is 17.7. The summed E-state index contributed by atoms with van der Waals surface area (Å²) in [5.41, 5.74) is 0.0646. The molecule has 9 N–H and O–H groups in total. The van der Waals surface area contributed by atoms with Crippen LogP contribution in [0.15, 0.2) is 82.0 Å². The Balaban J connectivity index is 1.28. The average molecular weight is 827 g/mol. The molecule has 20 heteroatoms. The van der Waals surface area contributed by atoms with Gasteiger partial charge < -0.3 is 78.8 Å². The molecule has 2 fully saturated rings. The maximum Gasteiger partial charge on any atom is 0.330 e. The van der Waals surface area contributed by atoms with E-state index in [2.05, 4.69) is 0 Å². The second-order valence-electron chi connectivity index (χ2n) is 13.4. The quantitative estimate of drug-likeness (QED) is 0.0465. The number of carboxylic acids is 1. The summed E-state index contributed by atoms with van der Waals surface area (Å²) < 4.78 is 39.3. The van der Waals surface area contributed by atoms with Crippen molar-refractivity contribution in [2.45, 2.75) is 67.8 Å². The van der Waals surface area contributed by atoms with Crippen LogP contribution < -0.4 is 14.9 Å². The molecule has 0 unspecified atom stereocenters. The van der Waals surface area contributed by atoms with Crippen molar-refractivity contribution in [3.63, 3.8) is 0 Å². The molecule has 0 amide bonds. The first-order chi connectivity index (χ1) is 28.1. The van der Waals surface area contributed by atoms with Gasteiger partial charge in [-0.25, -0.2) is 4.79 Å². The molecule has 1 aliphatic carbocycles. The van der Waals surface area contributed by atoms with E-state index in [1.54, 1.807) is 12.1 Å². The summed E-state index contributed by atoms with van der Waals surface area (Å²) in [5.74, 6) is -4.51. The number of hydrogen-bond acceptors (Lipinski definition) is 19. The van der Waals surface area contributed by atoms with Gasteiger partial charge >= 0.3 is 17.9 Å². The van der Waals surface area contributed by atoms with Crippen molar-refractivity contribution >= 4 is 24.0 Å². The highest BCUT2D eigenvalue weighted by atomic mass is 16.7. The second kappa shape index (κ2) is 18.2. The predicted molar refractivity (Wildman–Crippen MR) is 195 cm³/mol. The summed E-state index contributed by atoms with van der Waals surface area (Å²) in [5, 5.41) is 92.4. The van der Waals surface area contributed by atoms with Crippen molar-refractivity contribution in [2.75, 3.05) is 13.2 Å². The van der Waals surface area contributed by atoms with Crippen LogP contribution in [0.5, 0.6) is 23.0 Å². The zero-order valence-electron chi connectivity index (χ0n) is 30.4. The molecular weight excluding hydrogens is 788 g/mol. The maximum atomic E-state index is 12.9. The molecule has 0 radical (unpaired) electrons. The summed E-state index contributed by atoms with van der Waals surface area (Å²) in [6.07, 6.45) is -16.5. The number of ether oxygens (including phenoxy) is 6. The van der Waals surface area contributed by atoms with Gasteiger partial charge in [0.1, 0.15) is 91.5 Å². The molecule has 2 aromatic carbocycles. The number of carbonyl (C=O) groups is 3. The average Bonchev–Trinajstić information content (AvgIpc) is 3.20. The lowest BCUT2D eigenvalue weighted by Crippen LogP contribution is -2.60. The summed E-state index contributed by atoms with van der Waals surface area (Å²) in [4.78, 5) is 48.0. The predicted octanol–water partition coefficient (Wildman–Crippen LogP) is -0.530. The summed E-state index contributed by atoms with van der Waals surface area (Å²) in [7, 11) is 0. The molecule has 0 saturated carbocycles. The van der Waals surface area contributed by atoms with Crippen molar-refractivity contribution in [1.82, 2.24) is 0 Å². The SMILES string of the molecule is O=C(O)CC(=O)OC[C@H]1O[C@@H](Oc2cc(=O)cc3oc(-c4ccc(O)cc4)c(O[C@@H]4O[C@H](COC(=O)C=Cc5ccc(O)cc5)[C@@H](O)[C@H](O)[C@H]4O)cc2-3)[C@H](O)[C@@H](O)[C@@H]1O. The van der Waals surface area contributed by atoms with Crippen LogP contribution in [-0.4, -0.2) is 138 Å². The molecule has 0 bridgehead atoms. The molecule has 3 heterocycles. The number of benzene rings is 3. The number of carbonyl (C=O) groups excluding carboxylic acids is 2. The van der Waals surface area contributed by atoms with Crippen LogP contribution >= 0.6 is 0 Å². The highest BCUT2D eigenvalue weighted by Gasteiger charge is 2.47. The van der Waals surface area contributed by atoms with Gasteiger partial charge in [0.15, 0.2) is 16.9 Å². The van der Waals surface area contributed by atoms with Crippen LogP contribution in [0.3, 0.4) is 0 Å². The minimum atomic E-state index is -1.96. The topological polar surface area (TPSA) is 319 Å². The van der Waals surface area contributed by atoms with E-state index in [-0.39, 0.29) is 45.6 Å². The zero-order chi connectivity index (χ0) is 42.5. The van der Waals surface area contributed by atoms with E-state index in [4.69, 9.17) is 37.9 Å². The van der Waals surface area contributed by atoms with Crippen molar-refractivity contribution < 1.29 is 93.2 Å². The Morgan fingerprint density at radius 1 is 0.661 bits per heavy atom. The van der Waals surface area contributed by atoms with Crippen LogP contribution in [0.25, 0.3) is 28.7 Å². The Bertz CT molecular complexity index is 2170. The number of phenolic OH excluding ortho intramolecular Hbond substituents is 2. The molecule has 2 saturated heterocycles. The van der Waals surface area contributed by atoms with Crippen molar-refractivity contribution in [3.05, 3.63) is 88.6 Å². The van der Waals surface area contributed by atoms with E-state index in [1.165, 1.54) is 48.5 Å². The number of rotatable bonds is 13. The van der Waals surface area contributed by atoms with Gasteiger partial charge in [0, 0.05) is 23.8 Å². The fraction of sp³-hybridized carbons (Fsp3) is 0.333. The standard InChI is InChI=1S/C39H38O20/c40-19-6-1-17(2-7-19)3-10-29(45)53-15-26-31(47)34(50)36(52)39(59-26)57-25-13-22-23(55-37(25)18-4-8-20(41)9-5-18)11-21(42)12-24(22)56-38-35(51)33(49)32(48)27(58-38)16-54-30(46)14-28(43)44/h1-13,26-27,31-36,38-41,47-52H,14-16H2,(H,43,44)/t26-,27-,31-,32-,33+,34+,35-,36-,38-,39-/m1/s1. The molecule has 20 nitrogen and oxygen atoms in total. The Morgan fingerprint density at radius 3 is 1.78 bits per heavy atom. The van der Waals surface area contributed by atoms with Gasteiger partial charge in [-0.15, -0.1) is 0 Å². The minimum absolute atomic E-state index is 0.0218. The third kappa shape index (κ3) is 10.1. The lowest BCUT2D eigenvalue weighted by molar-refractivity contribution is -0.278. The van der Waals surface area contributed by atoms with Gasteiger partial charge in [0.2, 0.25) is 12.6 Å². The van der Waals surface area contributed by atoms with Gasteiger partial charge in [-0.2, -0.15) is 0 Å². The lowest BCUT2D eigenvalue weighted by atomic mass is 9.99. The summed E-state index contributed by atoms with van der Waals surface area (Å²) in [6.45, 7) is -1.38. The van der Waals surface area contributed by atoms with E-state index in [0.29, 0.717) is 5.56 Å². The van der Waals surface area contributed by atoms with E-state index < -0.39 is 104 Å². The second-order valence-corrected chi connectivity index (χ2v) is 13.4.